The van der Waals surface area contributed by atoms with Gasteiger partial charge in [-0.25, -0.2) is 4.39 Å². The van der Waals surface area contributed by atoms with Gasteiger partial charge in [-0.2, -0.15) is 0 Å². The van der Waals surface area contributed by atoms with Crippen molar-refractivity contribution in [2.75, 3.05) is 5.32 Å². The molecule has 1 aromatic carbocycles. The number of hydrogen-bond acceptors (Lipinski definition) is 2. The second-order valence-electron chi connectivity index (χ2n) is 3.18. The van der Waals surface area contributed by atoms with E-state index in [-0.39, 0.29) is 5.82 Å². The third-order valence-electron chi connectivity index (χ3n) is 2.01. The summed E-state index contributed by atoms with van der Waals surface area (Å²) < 4.78 is 19.8. The van der Waals surface area contributed by atoms with E-state index in [1.165, 1.54) is 12.1 Å². The molecule has 0 amide bonds. The number of hydrogen-bond donors (Lipinski definition) is 1. The van der Waals surface area contributed by atoms with Gasteiger partial charge in [0.15, 0.2) is 4.67 Å². The molecule has 1 heterocycles. The van der Waals surface area contributed by atoms with Crippen molar-refractivity contribution < 1.29 is 8.81 Å². The molecular weight excluding hydrogens is 341 g/mol. The molecule has 0 aliphatic heterocycles. The highest BCUT2D eigenvalue weighted by molar-refractivity contribution is 9.10. The Hall–Kier alpha value is -0.810. The topological polar surface area (TPSA) is 25.2 Å². The molecule has 0 radical (unpaired) electrons. The number of rotatable bonds is 3. The highest BCUT2D eigenvalue weighted by Crippen LogP contribution is 2.24. The molecular formula is C11H8Br2FNO. The largest absolute Gasteiger partial charge is 0.452 e. The summed E-state index contributed by atoms with van der Waals surface area (Å²) >= 11 is 6.56. The summed E-state index contributed by atoms with van der Waals surface area (Å²) in [7, 11) is 0. The average Bonchev–Trinajstić information content (AvgIpc) is 2.66. The highest BCUT2D eigenvalue weighted by Gasteiger charge is 2.03. The molecule has 0 aliphatic rings. The van der Waals surface area contributed by atoms with Crippen molar-refractivity contribution in [1.82, 2.24) is 0 Å². The van der Waals surface area contributed by atoms with Crippen LogP contribution in [0.15, 0.2) is 43.9 Å². The van der Waals surface area contributed by atoms with Gasteiger partial charge in [-0.1, -0.05) is 0 Å². The Morgan fingerprint density at radius 3 is 2.69 bits per heavy atom. The molecule has 2 nitrogen and oxygen atoms in total. The fourth-order valence-corrected chi connectivity index (χ4v) is 1.99. The Kier molecular flexibility index (Phi) is 3.66. The van der Waals surface area contributed by atoms with Gasteiger partial charge in [-0.05, 0) is 62.2 Å². The van der Waals surface area contributed by atoms with Crippen LogP contribution >= 0.6 is 31.9 Å². The molecule has 0 fully saturated rings. The molecule has 0 aliphatic carbocycles. The summed E-state index contributed by atoms with van der Waals surface area (Å²) in [6.07, 6.45) is 0. The van der Waals surface area contributed by atoms with Gasteiger partial charge < -0.3 is 9.73 Å². The minimum atomic E-state index is -0.272. The van der Waals surface area contributed by atoms with Crippen molar-refractivity contribution in [3.8, 4) is 0 Å². The maximum absolute atomic E-state index is 13.0. The van der Waals surface area contributed by atoms with Gasteiger partial charge in [0.25, 0.3) is 0 Å². The summed E-state index contributed by atoms with van der Waals surface area (Å²) in [4.78, 5) is 0. The lowest BCUT2D eigenvalue weighted by Gasteiger charge is -2.06. The Labute approximate surface area is 109 Å². The van der Waals surface area contributed by atoms with E-state index in [1.54, 1.807) is 6.07 Å². The average molecular weight is 349 g/mol. The first-order valence-electron chi connectivity index (χ1n) is 4.58. The zero-order valence-electron chi connectivity index (χ0n) is 8.14. The molecule has 0 atom stereocenters. The van der Waals surface area contributed by atoms with Gasteiger partial charge in [-0.3, -0.25) is 0 Å². The number of furan rings is 1. The fourth-order valence-electron chi connectivity index (χ4n) is 1.26. The second-order valence-corrected chi connectivity index (χ2v) is 4.82. The number of halogens is 3. The van der Waals surface area contributed by atoms with Crippen LogP contribution in [-0.2, 0) is 6.54 Å². The first-order valence-corrected chi connectivity index (χ1v) is 6.17. The smallest absolute Gasteiger partial charge is 0.169 e. The van der Waals surface area contributed by atoms with Gasteiger partial charge in [0, 0.05) is 4.47 Å². The first kappa shape index (κ1) is 11.7. The summed E-state index contributed by atoms with van der Waals surface area (Å²) in [6.45, 7) is 0.508. The van der Waals surface area contributed by atoms with Crippen LogP contribution in [0.4, 0.5) is 10.1 Å². The van der Waals surface area contributed by atoms with Crippen LogP contribution in [0.1, 0.15) is 5.76 Å². The van der Waals surface area contributed by atoms with Crippen molar-refractivity contribution in [3.63, 3.8) is 0 Å². The van der Waals surface area contributed by atoms with E-state index >= 15 is 0 Å². The molecule has 84 valence electrons. The van der Waals surface area contributed by atoms with Gasteiger partial charge in [0.2, 0.25) is 0 Å². The molecule has 0 saturated heterocycles. The second kappa shape index (κ2) is 5.01. The highest BCUT2D eigenvalue weighted by atomic mass is 79.9. The molecule has 5 heteroatoms. The lowest BCUT2D eigenvalue weighted by atomic mass is 10.3. The Bertz CT molecular complexity index is 498. The number of nitrogens with one attached hydrogen (secondary N) is 1. The van der Waals surface area contributed by atoms with Crippen molar-refractivity contribution in [3.05, 3.63) is 51.1 Å². The molecule has 16 heavy (non-hydrogen) atoms. The normalized spacial score (nSPS) is 10.4. The lowest BCUT2D eigenvalue weighted by Crippen LogP contribution is -1.99. The maximum atomic E-state index is 13.0. The van der Waals surface area contributed by atoms with Gasteiger partial charge >= 0.3 is 0 Å². The number of benzene rings is 1. The zero-order chi connectivity index (χ0) is 11.5. The third kappa shape index (κ3) is 2.86. The monoisotopic (exact) mass is 347 g/mol. The van der Waals surface area contributed by atoms with Crippen LogP contribution in [0.25, 0.3) is 0 Å². The molecule has 1 N–H and O–H groups in total. The van der Waals surface area contributed by atoms with Crippen LogP contribution in [-0.4, -0.2) is 0 Å². The van der Waals surface area contributed by atoms with E-state index < -0.39 is 0 Å². The summed E-state index contributed by atoms with van der Waals surface area (Å²) in [5.74, 6) is 0.509. The van der Waals surface area contributed by atoms with Crippen LogP contribution in [0, 0.1) is 5.82 Å². The third-order valence-corrected chi connectivity index (χ3v) is 3.13. The fraction of sp³-hybridized carbons (Fsp3) is 0.0909. The van der Waals surface area contributed by atoms with Crippen LogP contribution < -0.4 is 5.32 Å². The van der Waals surface area contributed by atoms with Crippen LogP contribution in [0.5, 0.6) is 0 Å². The predicted molar refractivity (Wildman–Crippen MR) is 67.8 cm³/mol. The van der Waals surface area contributed by atoms with Gasteiger partial charge in [0.1, 0.15) is 11.6 Å². The van der Waals surface area contributed by atoms with E-state index in [0.717, 1.165) is 10.2 Å². The minimum Gasteiger partial charge on any atom is -0.452 e. The molecule has 2 rings (SSSR count). The van der Waals surface area contributed by atoms with Gasteiger partial charge in [-0.15, -0.1) is 0 Å². The molecule has 1 aromatic heterocycles. The van der Waals surface area contributed by atoms with Crippen LogP contribution in [0.2, 0.25) is 0 Å². The maximum Gasteiger partial charge on any atom is 0.169 e. The molecule has 0 saturated carbocycles. The van der Waals surface area contributed by atoms with Gasteiger partial charge in [0.05, 0.1) is 12.2 Å². The lowest BCUT2D eigenvalue weighted by molar-refractivity contribution is 0.495. The SMILES string of the molecule is Fc1ccc(Br)c(NCc2ccc(Br)o2)c1. The Balaban J connectivity index is 2.07. The molecule has 0 spiro atoms. The molecule has 0 unspecified atom stereocenters. The predicted octanol–water partition coefficient (Wildman–Crippen LogP) is 4.56. The minimum absolute atomic E-state index is 0.272. The quantitative estimate of drug-likeness (QED) is 0.879. The van der Waals surface area contributed by atoms with E-state index in [9.17, 15) is 4.39 Å². The summed E-state index contributed by atoms with van der Waals surface area (Å²) in [6, 6.07) is 8.17. The number of anilines is 1. The summed E-state index contributed by atoms with van der Waals surface area (Å²) in [5, 5.41) is 3.08. The van der Waals surface area contributed by atoms with E-state index in [1.807, 2.05) is 12.1 Å². The van der Waals surface area contributed by atoms with E-state index in [2.05, 4.69) is 37.2 Å². The van der Waals surface area contributed by atoms with E-state index in [4.69, 9.17) is 4.42 Å². The zero-order valence-corrected chi connectivity index (χ0v) is 11.3. The van der Waals surface area contributed by atoms with Crippen molar-refractivity contribution in [2.24, 2.45) is 0 Å². The van der Waals surface area contributed by atoms with Crippen molar-refractivity contribution in [2.45, 2.75) is 6.54 Å². The Morgan fingerprint density at radius 1 is 1.19 bits per heavy atom. The Morgan fingerprint density at radius 2 is 2.00 bits per heavy atom. The molecule has 2 aromatic rings. The van der Waals surface area contributed by atoms with Crippen LogP contribution in [0.3, 0.4) is 0 Å². The summed E-state index contributed by atoms with van der Waals surface area (Å²) in [5.41, 5.74) is 0.701. The van der Waals surface area contributed by atoms with E-state index in [0.29, 0.717) is 16.9 Å². The first-order chi connectivity index (χ1) is 7.65. The van der Waals surface area contributed by atoms with Crippen molar-refractivity contribution in [1.29, 1.82) is 0 Å². The standard InChI is InChI=1S/C11H8Br2FNO/c12-9-3-1-7(14)5-10(9)15-6-8-2-4-11(13)16-8/h1-5,15H,6H2. The molecule has 0 bridgehead atoms. The van der Waals surface area contributed by atoms with Crippen molar-refractivity contribution >= 4 is 37.5 Å².